The SMILES string of the molecule is COCCN(C(=O)C(=O)NCCO)C1CCS(=O)(=O)C1. The van der Waals surface area contributed by atoms with Crippen molar-refractivity contribution in [2.24, 2.45) is 0 Å². The molecule has 0 saturated carbocycles. The second kappa shape index (κ2) is 7.55. The van der Waals surface area contributed by atoms with Gasteiger partial charge in [0.15, 0.2) is 9.84 Å². The molecular formula is C11H20N2O6S. The molecule has 1 unspecified atom stereocenters. The molecule has 1 aliphatic rings. The number of hydrogen-bond acceptors (Lipinski definition) is 6. The van der Waals surface area contributed by atoms with E-state index in [0.717, 1.165) is 0 Å². The summed E-state index contributed by atoms with van der Waals surface area (Å²) >= 11 is 0. The zero-order valence-electron chi connectivity index (χ0n) is 11.4. The fraction of sp³-hybridized carbons (Fsp3) is 0.818. The van der Waals surface area contributed by atoms with Gasteiger partial charge >= 0.3 is 11.8 Å². The molecule has 0 radical (unpaired) electrons. The van der Waals surface area contributed by atoms with Crippen LogP contribution in [0, 0.1) is 0 Å². The minimum absolute atomic E-state index is 0.0205. The third-order valence-electron chi connectivity index (χ3n) is 3.04. The summed E-state index contributed by atoms with van der Waals surface area (Å²) in [6, 6.07) is -0.498. The van der Waals surface area contributed by atoms with Gasteiger partial charge in [0, 0.05) is 26.2 Å². The zero-order chi connectivity index (χ0) is 15.2. The maximum atomic E-state index is 12.0. The topological polar surface area (TPSA) is 113 Å². The average Bonchev–Trinajstić information content (AvgIpc) is 2.76. The summed E-state index contributed by atoms with van der Waals surface area (Å²) < 4.78 is 27.8. The Bertz CT molecular complexity index is 450. The van der Waals surface area contributed by atoms with Crippen LogP contribution < -0.4 is 5.32 Å². The monoisotopic (exact) mass is 308 g/mol. The largest absolute Gasteiger partial charge is 0.395 e. The number of ether oxygens (including phenoxy) is 1. The van der Waals surface area contributed by atoms with Crippen LogP contribution in [-0.4, -0.2) is 81.2 Å². The molecule has 9 heteroatoms. The number of rotatable bonds is 6. The second-order valence-corrected chi connectivity index (χ2v) is 6.76. The number of carbonyl (C=O) groups excluding carboxylic acids is 2. The maximum absolute atomic E-state index is 12.0. The van der Waals surface area contributed by atoms with E-state index < -0.39 is 27.7 Å². The van der Waals surface area contributed by atoms with Gasteiger partial charge in [0.05, 0.1) is 24.7 Å². The van der Waals surface area contributed by atoms with Crippen LogP contribution in [0.25, 0.3) is 0 Å². The first-order chi connectivity index (χ1) is 9.41. The second-order valence-electron chi connectivity index (χ2n) is 4.53. The minimum atomic E-state index is -3.15. The minimum Gasteiger partial charge on any atom is -0.395 e. The van der Waals surface area contributed by atoms with E-state index in [-0.39, 0.29) is 37.8 Å². The van der Waals surface area contributed by atoms with Crippen molar-refractivity contribution in [3.63, 3.8) is 0 Å². The van der Waals surface area contributed by atoms with Crippen LogP contribution in [-0.2, 0) is 24.2 Å². The van der Waals surface area contributed by atoms with Crippen LogP contribution in [0.2, 0.25) is 0 Å². The van der Waals surface area contributed by atoms with Crippen molar-refractivity contribution < 1.29 is 27.9 Å². The van der Waals surface area contributed by atoms with Gasteiger partial charge in [-0.3, -0.25) is 9.59 Å². The van der Waals surface area contributed by atoms with E-state index >= 15 is 0 Å². The highest BCUT2D eigenvalue weighted by atomic mass is 32.2. The fourth-order valence-corrected chi connectivity index (χ4v) is 3.77. The fourth-order valence-electron chi connectivity index (χ4n) is 2.04. The molecule has 20 heavy (non-hydrogen) atoms. The van der Waals surface area contributed by atoms with Crippen LogP contribution in [0.5, 0.6) is 0 Å². The summed E-state index contributed by atoms with van der Waals surface area (Å²) in [6.07, 6.45) is 0.324. The molecule has 1 rings (SSSR count). The third-order valence-corrected chi connectivity index (χ3v) is 4.79. The Balaban J connectivity index is 2.73. The van der Waals surface area contributed by atoms with E-state index in [1.807, 2.05) is 0 Å². The molecule has 1 saturated heterocycles. The quantitative estimate of drug-likeness (QED) is 0.536. The van der Waals surface area contributed by atoms with Crippen LogP contribution >= 0.6 is 0 Å². The summed E-state index contributed by atoms with van der Waals surface area (Å²) in [5.74, 6) is -1.75. The Labute approximate surface area is 118 Å². The van der Waals surface area contributed by atoms with Gasteiger partial charge in [0.1, 0.15) is 0 Å². The van der Waals surface area contributed by atoms with Gasteiger partial charge in [-0.05, 0) is 6.42 Å². The first-order valence-corrected chi connectivity index (χ1v) is 8.12. The highest BCUT2D eigenvalue weighted by Crippen LogP contribution is 2.17. The Morgan fingerprint density at radius 3 is 2.65 bits per heavy atom. The number of aliphatic hydroxyl groups is 1. The predicted octanol–water partition coefficient (Wildman–Crippen LogP) is -2.24. The number of aliphatic hydroxyl groups excluding tert-OH is 1. The zero-order valence-corrected chi connectivity index (χ0v) is 12.2. The molecule has 0 aromatic heterocycles. The van der Waals surface area contributed by atoms with Crippen molar-refractivity contribution in [1.82, 2.24) is 10.2 Å². The van der Waals surface area contributed by atoms with Gasteiger partial charge < -0.3 is 20.1 Å². The number of methoxy groups -OCH3 is 1. The predicted molar refractivity (Wildman–Crippen MR) is 70.7 cm³/mol. The van der Waals surface area contributed by atoms with Crippen LogP contribution in [0.4, 0.5) is 0 Å². The lowest BCUT2D eigenvalue weighted by molar-refractivity contribution is -0.147. The number of carbonyl (C=O) groups is 2. The highest BCUT2D eigenvalue weighted by molar-refractivity contribution is 7.91. The van der Waals surface area contributed by atoms with Crippen molar-refractivity contribution in [2.45, 2.75) is 12.5 Å². The van der Waals surface area contributed by atoms with E-state index in [9.17, 15) is 18.0 Å². The van der Waals surface area contributed by atoms with E-state index in [1.165, 1.54) is 12.0 Å². The molecule has 1 atom stereocenters. The van der Waals surface area contributed by atoms with Gasteiger partial charge in [-0.25, -0.2) is 8.42 Å². The Morgan fingerprint density at radius 2 is 2.15 bits per heavy atom. The number of nitrogens with one attached hydrogen (secondary N) is 1. The summed E-state index contributed by atoms with van der Waals surface area (Å²) in [5, 5.41) is 10.9. The molecule has 0 aromatic rings. The molecule has 8 nitrogen and oxygen atoms in total. The van der Waals surface area contributed by atoms with Gasteiger partial charge in [-0.15, -0.1) is 0 Å². The summed E-state index contributed by atoms with van der Waals surface area (Å²) in [4.78, 5) is 24.9. The molecule has 1 fully saturated rings. The Kier molecular flexibility index (Phi) is 6.37. The summed E-state index contributed by atoms with van der Waals surface area (Å²) in [6.45, 7) is 0.0815. The molecule has 2 N–H and O–H groups in total. The molecule has 116 valence electrons. The Hall–Kier alpha value is -1.19. The van der Waals surface area contributed by atoms with E-state index in [4.69, 9.17) is 9.84 Å². The summed E-state index contributed by atoms with van der Waals surface area (Å²) in [7, 11) is -1.69. The van der Waals surface area contributed by atoms with Gasteiger partial charge in [0.25, 0.3) is 0 Å². The lowest BCUT2D eigenvalue weighted by Gasteiger charge is -2.27. The van der Waals surface area contributed by atoms with Crippen LogP contribution in [0.1, 0.15) is 6.42 Å². The smallest absolute Gasteiger partial charge is 0.312 e. The lowest BCUT2D eigenvalue weighted by Crippen LogP contribution is -2.50. The van der Waals surface area contributed by atoms with E-state index in [0.29, 0.717) is 6.42 Å². The first kappa shape index (κ1) is 16.9. The summed E-state index contributed by atoms with van der Waals surface area (Å²) in [5.41, 5.74) is 0. The molecule has 0 aromatic carbocycles. The van der Waals surface area contributed by atoms with Crippen molar-refractivity contribution in [2.75, 3.05) is 44.9 Å². The third kappa shape index (κ3) is 4.73. The molecular weight excluding hydrogens is 288 g/mol. The van der Waals surface area contributed by atoms with Crippen molar-refractivity contribution in [3.8, 4) is 0 Å². The van der Waals surface area contributed by atoms with Crippen molar-refractivity contribution in [3.05, 3.63) is 0 Å². The van der Waals surface area contributed by atoms with Crippen molar-refractivity contribution >= 4 is 21.7 Å². The molecule has 0 aliphatic carbocycles. The van der Waals surface area contributed by atoms with Crippen LogP contribution in [0.15, 0.2) is 0 Å². The lowest BCUT2D eigenvalue weighted by atomic mass is 10.2. The number of nitrogens with zero attached hydrogens (tertiary/aromatic N) is 1. The van der Waals surface area contributed by atoms with E-state index in [2.05, 4.69) is 5.32 Å². The number of sulfone groups is 1. The standard InChI is InChI=1S/C11H20N2O6S/c1-19-6-4-13(9-2-7-20(17,18)8-9)11(16)10(15)12-3-5-14/h9,14H,2-8H2,1H3,(H,12,15). The average molecular weight is 308 g/mol. The van der Waals surface area contributed by atoms with Crippen LogP contribution in [0.3, 0.4) is 0 Å². The maximum Gasteiger partial charge on any atom is 0.312 e. The molecule has 2 amide bonds. The highest BCUT2D eigenvalue weighted by Gasteiger charge is 2.36. The molecule has 1 aliphatic heterocycles. The van der Waals surface area contributed by atoms with Gasteiger partial charge in [-0.2, -0.15) is 0 Å². The van der Waals surface area contributed by atoms with Gasteiger partial charge in [0.2, 0.25) is 0 Å². The van der Waals surface area contributed by atoms with Crippen molar-refractivity contribution in [1.29, 1.82) is 0 Å². The molecule has 1 heterocycles. The normalized spacial score (nSPS) is 20.6. The van der Waals surface area contributed by atoms with E-state index in [1.54, 1.807) is 0 Å². The number of hydrogen-bond donors (Lipinski definition) is 2. The first-order valence-electron chi connectivity index (χ1n) is 6.30. The molecule has 0 spiro atoms. The number of amides is 2. The van der Waals surface area contributed by atoms with Gasteiger partial charge in [-0.1, -0.05) is 0 Å². The Morgan fingerprint density at radius 1 is 1.45 bits per heavy atom. The molecule has 0 bridgehead atoms.